The molecular formula is C27H23N3O4. The van der Waals surface area contributed by atoms with Gasteiger partial charge in [-0.2, -0.15) is 0 Å². The summed E-state index contributed by atoms with van der Waals surface area (Å²) in [7, 11) is 3.18. The van der Waals surface area contributed by atoms with Crippen molar-refractivity contribution in [2.75, 3.05) is 14.2 Å². The van der Waals surface area contributed by atoms with E-state index in [1.165, 1.54) is 15.2 Å². The molecule has 0 N–H and O–H groups in total. The van der Waals surface area contributed by atoms with Crippen LogP contribution in [-0.4, -0.2) is 28.3 Å². The molecule has 0 fully saturated rings. The first kappa shape index (κ1) is 22.6. The Hall–Kier alpha value is -4.57. The minimum Gasteiger partial charge on any atom is -0.497 e. The number of hydrogen-bond acceptors (Lipinski definition) is 5. The second-order valence-electron chi connectivity index (χ2n) is 7.51. The molecule has 0 unspecified atom stereocenters. The minimum absolute atomic E-state index is 0.139. The van der Waals surface area contributed by atoms with Crippen LogP contribution in [0.5, 0.6) is 11.5 Å². The Morgan fingerprint density at radius 1 is 0.794 bits per heavy atom. The SMILES string of the molecule is COc1ccc(Cn2c(C#Cc3cccnc3)cc(=O)n(Cc3ccc(OC)cc3)c2=O)cc1. The van der Waals surface area contributed by atoms with E-state index in [9.17, 15) is 9.59 Å². The lowest BCUT2D eigenvalue weighted by Crippen LogP contribution is -2.41. The van der Waals surface area contributed by atoms with Gasteiger partial charge in [-0.1, -0.05) is 30.2 Å². The monoisotopic (exact) mass is 453 g/mol. The summed E-state index contributed by atoms with van der Waals surface area (Å²) >= 11 is 0. The third-order valence-corrected chi connectivity index (χ3v) is 5.27. The van der Waals surface area contributed by atoms with E-state index < -0.39 is 11.2 Å². The lowest BCUT2D eigenvalue weighted by Gasteiger charge is -2.13. The van der Waals surface area contributed by atoms with Crippen molar-refractivity contribution in [1.29, 1.82) is 0 Å². The fourth-order valence-corrected chi connectivity index (χ4v) is 3.42. The van der Waals surface area contributed by atoms with Crippen LogP contribution in [0.3, 0.4) is 0 Å². The van der Waals surface area contributed by atoms with Crippen LogP contribution in [0.15, 0.2) is 88.7 Å². The van der Waals surface area contributed by atoms with E-state index in [1.54, 1.807) is 44.8 Å². The Labute approximate surface area is 196 Å². The number of pyridine rings is 1. The van der Waals surface area contributed by atoms with Gasteiger partial charge in [0, 0.05) is 24.0 Å². The highest BCUT2D eigenvalue weighted by atomic mass is 16.5. The van der Waals surface area contributed by atoms with Gasteiger partial charge in [-0.3, -0.25) is 18.9 Å². The van der Waals surface area contributed by atoms with E-state index in [1.807, 2.05) is 42.5 Å². The zero-order valence-electron chi connectivity index (χ0n) is 18.9. The van der Waals surface area contributed by atoms with Gasteiger partial charge in [0.25, 0.3) is 5.56 Å². The summed E-state index contributed by atoms with van der Waals surface area (Å²) in [6.07, 6.45) is 3.29. The van der Waals surface area contributed by atoms with Crippen LogP contribution in [0.4, 0.5) is 0 Å². The molecule has 170 valence electrons. The quantitative estimate of drug-likeness (QED) is 0.420. The summed E-state index contributed by atoms with van der Waals surface area (Å²) in [4.78, 5) is 30.4. The molecule has 4 aromatic rings. The molecule has 0 aliphatic carbocycles. The average molecular weight is 453 g/mol. The van der Waals surface area contributed by atoms with Gasteiger partial charge in [0.1, 0.15) is 17.2 Å². The van der Waals surface area contributed by atoms with Gasteiger partial charge in [0.2, 0.25) is 0 Å². The maximum atomic E-state index is 13.5. The van der Waals surface area contributed by atoms with Gasteiger partial charge in [-0.05, 0) is 53.4 Å². The first-order chi connectivity index (χ1) is 16.6. The predicted molar refractivity (Wildman–Crippen MR) is 129 cm³/mol. The lowest BCUT2D eigenvalue weighted by molar-refractivity contribution is 0.414. The number of nitrogens with zero attached hydrogens (tertiary/aromatic N) is 3. The van der Waals surface area contributed by atoms with Crippen LogP contribution < -0.4 is 20.7 Å². The van der Waals surface area contributed by atoms with E-state index in [0.717, 1.165) is 16.9 Å². The number of ether oxygens (including phenoxy) is 2. The molecule has 7 nitrogen and oxygen atoms in total. The van der Waals surface area contributed by atoms with Crippen molar-refractivity contribution in [2.24, 2.45) is 0 Å². The maximum absolute atomic E-state index is 13.5. The zero-order chi connectivity index (χ0) is 23.9. The third kappa shape index (κ3) is 5.25. The van der Waals surface area contributed by atoms with Crippen LogP contribution in [0.25, 0.3) is 0 Å². The topological polar surface area (TPSA) is 75.3 Å². The Kier molecular flexibility index (Phi) is 6.89. The lowest BCUT2D eigenvalue weighted by atomic mass is 10.2. The molecule has 0 atom stereocenters. The van der Waals surface area contributed by atoms with Crippen molar-refractivity contribution in [1.82, 2.24) is 14.1 Å². The van der Waals surface area contributed by atoms with Crippen LogP contribution in [-0.2, 0) is 13.1 Å². The van der Waals surface area contributed by atoms with Crippen LogP contribution >= 0.6 is 0 Å². The third-order valence-electron chi connectivity index (χ3n) is 5.27. The van der Waals surface area contributed by atoms with Gasteiger partial charge in [-0.25, -0.2) is 4.79 Å². The van der Waals surface area contributed by atoms with E-state index in [2.05, 4.69) is 16.8 Å². The van der Waals surface area contributed by atoms with Crippen molar-refractivity contribution in [3.05, 3.63) is 122 Å². The maximum Gasteiger partial charge on any atom is 0.332 e. The summed E-state index contributed by atoms with van der Waals surface area (Å²) in [5.41, 5.74) is 1.86. The zero-order valence-corrected chi connectivity index (χ0v) is 18.9. The second kappa shape index (κ2) is 10.4. The van der Waals surface area contributed by atoms with Crippen LogP contribution in [0, 0.1) is 11.8 Å². The molecule has 0 saturated carbocycles. The molecular weight excluding hydrogens is 430 g/mol. The molecule has 34 heavy (non-hydrogen) atoms. The van der Waals surface area contributed by atoms with Crippen molar-refractivity contribution in [3.63, 3.8) is 0 Å². The summed E-state index contributed by atoms with van der Waals surface area (Å²) in [6, 6.07) is 19.7. The average Bonchev–Trinajstić information content (AvgIpc) is 2.88. The molecule has 0 amide bonds. The molecule has 2 aromatic heterocycles. The minimum atomic E-state index is -0.436. The molecule has 0 aliphatic rings. The van der Waals surface area contributed by atoms with Crippen LogP contribution in [0.2, 0.25) is 0 Å². The van der Waals surface area contributed by atoms with E-state index in [0.29, 0.717) is 17.0 Å². The standard InChI is InChI=1S/C27H23N3O4/c1-33-24-11-6-21(7-12-24)18-29-23(10-5-20-4-3-15-28-17-20)16-26(31)30(27(29)32)19-22-8-13-25(34-2)14-9-22/h3-4,6-9,11-17H,18-19H2,1-2H3. The first-order valence-corrected chi connectivity index (χ1v) is 10.6. The Balaban J connectivity index is 1.77. The van der Waals surface area contributed by atoms with Crippen molar-refractivity contribution in [3.8, 4) is 23.3 Å². The highest BCUT2D eigenvalue weighted by Crippen LogP contribution is 2.13. The summed E-state index contributed by atoms with van der Waals surface area (Å²) in [5, 5.41) is 0. The normalized spacial score (nSPS) is 10.3. The largest absolute Gasteiger partial charge is 0.497 e. The molecule has 0 bridgehead atoms. The molecule has 0 spiro atoms. The van der Waals surface area contributed by atoms with Crippen molar-refractivity contribution in [2.45, 2.75) is 13.1 Å². The molecule has 2 heterocycles. The summed E-state index contributed by atoms with van der Waals surface area (Å²) in [6.45, 7) is 0.392. The number of methoxy groups -OCH3 is 2. The Morgan fingerprint density at radius 3 is 1.91 bits per heavy atom. The van der Waals surface area contributed by atoms with Gasteiger partial charge in [-0.15, -0.1) is 0 Å². The predicted octanol–water partition coefficient (Wildman–Crippen LogP) is 2.92. The van der Waals surface area contributed by atoms with Crippen molar-refractivity contribution >= 4 is 0 Å². The highest BCUT2D eigenvalue weighted by Gasteiger charge is 2.12. The smallest absolute Gasteiger partial charge is 0.332 e. The van der Waals surface area contributed by atoms with Crippen molar-refractivity contribution < 1.29 is 9.47 Å². The summed E-state index contributed by atoms with van der Waals surface area (Å²) in [5.74, 6) is 7.39. The fourth-order valence-electron chi connectivity index (χ4n) is 3.42. The molecule has 4 rings (SSSR count). The van der Waals surface area contributed by atoms with Gasteiger partial charge < -0.3 is 9.47 Å². The molecule has 0 saturated heterocycles. The first-order valence-electron chi connectivity index (χ1n) is 10.6. The Bertz CT molecular complexity index is 1440. The molecule has 2 aromatic carbocycles. The number of rotatable bonds is 6. The van der Waals surface area contributed by atoms with Gasteiger partial charge >= 0.3 is 5.69 Å². The Morgan fingerprint density at radius 2 is 1.38 bits per heavy atom. The molecule has 7 heteroatoms. The number of aromatic nitrogens is 3. The van der Waals surface area contributed by atoms with E-state index in [-0.39, 0.29) is 13.1 Å². The second-order valence-corrected chi connectivity index (χ2v) is 7.51. The van der Waals surface area contributed by atoms with Crippen LogP contribution in [0.1, 0.15) is 22.4 Å². The fraction of sp³-hybridized carbons (Fsp3) is 0.148. The number of hydrogen-bond donors (Lipinski definition) is 0. The van der Waals surface area contributed by atoms with Gasteiger partial charge in [0.05, 0.1) is 27.3 Å². The van der Waals surface area contributed by atoms with E-state index in [4.69, 9.17) is 9.47 Å². The molecule has 0 radical (unpaired) electrons. The summed E-state index contributed by atoms with van der Waals surface area (Å²) < 4.78 is 13.1. The van der Waals surface area contributed by atoms with Gasteiger partial charge in [0.15, 0.2) is 0 Å². The highest BCUT2D eigenvalue weighted by molar-refractivity contribution is 5.39. The van der Waals surface area contributed by atoms with E-state index >= 15 is 0 Å². The molecule has 0 aliphatic heterocycles. The number of benzene rings is 2.